The summed E-state index contributed by atoms with van der Waals surface area (Å²) in [7, 11) is 0. The van der Waals surface area contributed by atoms with E-state index in [2.05, 4.69) is 31.2 Å². The van der Waals surface area contributed by atoms with E-state index in [0.29, 0.717) is 0 Å². The molecule has 3 rings (SSSR count). The van der Waals surface area contributed by atoms with E-state index in [1.54, 1.807) is 0 Å². The molecular formula is C15H20O2. The van der Waals surface area contributed by atoms with Crippen LogP contribution < -0.4 is 0 Å². The van der Waals surface area contributed by atoms with E-state index in [1.165, 1.54) is 24.8 Å². The molecule has 1 aromatic rings. The highest BCUT2D eigenvalue weighted by atomic mass is 16.8. The van der Waals surface area contributed by atoms with Gasteiger partial charge >= 0.3 is 0 Å². The quantitative estimate of drug-likeness (QED) is 0.732. The normalized spacial score (nSPS) is 31.8. The van der Waals surface area contributed by atoms with E-state index in [4.69, 9.17) is 9.47 Å². The summed E-state index contributed by atoms with van der Waals surface area (Å²) in [6, 6.07) is 10.4. The number of hydrogen-bond acceptors (Lipinski definition) is 2. The molecule has 0 N–H and O–H groups in total. The summed E-state index contributed by atoms with van der Waals surface area (Å²) in [4.78, 5) is 0. The van der Waals surface area contributed by atoms with Crippen LogP contribution in [0.2, 0.25) is 0 Å². The molecule has 1 aliphatic carbocycles. The topological polar surface area (TPSA) is 18.5 Å². The van der Waals surface area contributed by atoms with Crippen LogP contribution in [0.4, 0.5) is 0 Å². The van der Waals surface area contributed by atoms with Crippen molar-refractivity contribution >= 4 is 0 Å². The lowest BCUT2D eigenvalue weighted by Crippen LogP contribution is -2.33. The van der Waals surface area contributed by atoms with Crippen molar-refractivity contribution in [3.8, 4) is 0 Å². The van der Waals surface area contributed by atoms with Crippen molar-refractivity contribution in [1.82, 2.24) is 0 Å². The molecule has 2 fully saturated rings. The standard InChI is InChI=1S/C15H20O2/c1-12-14(13-8-4-2-5-9-13)17-15(16-12)10-6-3-7-11-15/h2,4-5,8-9,12,14H,3,6-7,10-11H2,1H3/t12-,14+/m1/s1. The zero-order valence-corrected chi connectivity index (χ0v) is 10.4. The molecule has 0 radical (unpaired) electrons. The molecule has 0 amide bonds. The van der Waals surface area contributed by atoms with Crippen LogP contribution in [0.25, 0.3) is 0 Å². The molecule has 92 valence electrons. The first-order valence-electron chi connectivity index (χ1n) is 6.70. The predicted octanol–water partition coefficient (Wildman–Crippen LogP) is 3.82. The third-order valence-electron chi connectivity index (χ3n) is 3.91. The summed E-state index contributed by atoms with van der Waals surface area (Å²) in [6.07, 6.45) is 6.16. The van der Waals surface area contributed by atoms with E-state index in [-0.39, 0.29) is 18.0 Å². The zero-order valence-electron chi connectivity index (χ0n) is 10.4. The summed E-state index contributed by atoms with van der Waals surface area (Å²) in [5.41, 5.74) is 1.24. The lowest BCUT2D eigenvalue weighted by atomic mass is 9.94. The van der Waals surface area contributed by atoms with Crippen LogP contribution in [-0.2, 0) is 9.47 Å². The van der Waals surface area contributed by atoms with Crippen LogP contribution >= 0.6 is 0 Å². The summed E-state index contributed by atoms with van der Waals surface area (Å²) in [5.74, 6) is -0.280. The van der Waals surface area contributed by atoms with E-state index in [0.717, 1.165) is 12.8 Å². The first-order chi connectivity index (χ1) is 8.29. The maximum absolute atomic E-state index is 6.27. The van der Waals surface area contributed by atoms with Gasteiger partial charge < -0.3 is 9.47 Å². The largest absolute Gasteiger partial charge is 0.344 e. The average Bonchev–Trinajstić information content (AvgIpc) is 2.68. The fraction of sp³-hybridized carbons (Fsp3) is 0.600. The van der Waals surface area contributed by atoms with Gasteiger partial charge in [-0.15, -0.1) is 0 Å². The van der Waals surface area contributed by atoms with Crippen molar-refractivity contribution in [2.24, 2.45) is 0 Å². The van der Waals surface area contributed by atoms with Gasteiger partial charge in [0.05, 0.1) is 6.10 Å². The Labute approximate surface area is 103 Å². The fourth-order valence-electron chi connectivity index (χ4n) is 3.06. The summed E-state index contributed by atoms with van der Waals surface area (Å²) in [5, 5.41) is 0. The highest BCUT2D eigenvalue weighted by Crippen LogP contribution is 2.45. The van der Waals surface area contributed by atoms with Crippen LogP contribution in [0.15, 0.2) is 30.3 Å². The van der Waals surface area contributed by atoms with Crippen molar-refractivity contribution in [3.63, 3.8) is 0 Å². The van der Waals surface area contributed by atoms with Gasteiger partial charge in [-0.05, 0) is 25.3 Å². The number of hydrogen-bond donors (Lipinski definition) is 0. The maximum Gasteiger partial charge on any atom is 0.169 e. The van der Waals surface area contributed by atoms with Crippen LogP contribution in [-0.4, -0.2) is 11.9 Å². The molecule has 0 aromatic heterocycles. The van der Waals surface area contributed by atoms with Gasteiger partial charge in [0.2, 0.25) is 0 Å². The Morgan fingerprint density at radius 1 is 1.00 bits per heavy atom. The summed E-state index contributed by atoms with van der Waals surface area (Å²) in [6.45, 7) is 2.13. The lowest BCUT2D eigenvalue weighted by molar-refractivity contribution is -0.193. The second kappa shape index (κ2) is 4.43. The Bertz CT molecular complexity index is 368. The molecule has 2 aliphatic rings. The molecule has 2 heteroatoms. The van der Waals surface area contributed by atoms with Crippen LogP contribution in [0.1, 0.15) is 50.7 Å². The Morgan fingerprint density at radius 3 is 2.41 bits per heavy atom. The molecule has 17 heavy (non-hydrogen) atoms. The van der Waals surface area contributed by atoms with Crippen LogP contribution in [0, 0.1) is 0 Å². The van der Waals surface area contributed by atoms with Crippen molar-refractivity contribution in [1.29, 1.82) is 0 Å². The number of rotatable bonds is 1. The molecule has 0 bridgehead atoms. The maximum atomic E-state index is 6.27. The lowest BCUT2D eigenvalue weighted by Gasteiger charge is -2.31. The van der Waals surface area contributed by atoms with Gasteiger partial charge in [-0.25, -0.2) is 0 Å². The van der Waals surface area contributed by atoms with E-state index >= 15 is 0 Å². The highest BCUT2D eigenvalue weighted by molar-refractivity contribution is 5.19. The average molecular weight is 232 g/mol. The van der Waals surface area contributed by atoms with Crippen LogP contribution in [0.3, 0.4) is 0 Å². The van der Waals surface area contributed by atoms with E-state index < -0.39 is 0 Å². The summed E-state index contributed by atoms with van der Waals surface area (Å²) < 4.78 is 12.4. The highest BCUT2D eigenvalue weighted by Gasteiger charge is 2.46. The van der Waals surface area contributed by atoms with E-state index in [1.807, 2.05) is 6.07 Å². The van der Waals surface area contributed by atoms with Gasteiger partial charge in [-0.2, -0.15) is 0 Å². The Hall–Kier alpha value is -0.860. The molecule has 1 saturated heterocycles. The Kier molecular flexibility index (Phi) is 2.93. The van der Waals surface area contributed by atoms with Crippen molar-refractivity contribution in [3.05, 3.63) is 35.9 Å². The minimum absolute atomic E-state index is 0.106. The third kappa shape index (κ3) is 2.12. The minimum atomic E-state index is -0.280. The van der Waals surface area contributed by atoms with Gasteiger partial charge in [0.25, 0.3) is 0 Å². The monoisotopic (exact) mass is 232 g/mol. The van der Waals surface area contributed by atoms with Crippen LogP contribution in [0.5, 0.6) is 0 Å². The number of ether oxygens (including phenoxy) is 2. The third-order valence-corrected chi connectivity index (χ3v) is 3.91. The second-order valence-corrected chi connectivity index (χ2v) is 5.24. The smallest absolute Gasteiger partial charge is 0.169 e. The van der Waals surface area contributed by atoms with Crippen molar-refractivity contribution in [2.45, 2.75) is 57.0 Å². The first kappa shape index (κ1) is 11.2. The molecule has 2 nitrogen and oxygen atoms in total. The molecule has 1 heterocycles. The van der Waals surface area contributed by atoms with Gasteiger partial charge in [0, 0.05) is 12.8 Å². The minimum Gasteiger partial charge on any atom is -0.344 e. The van der Waals surface area contributed by atoms with Gasteiger partial charge in [0.1, 0.15) is 6.10 Å². The van der Waals surface area contributed by atoms with Crippen molar-refractivity contribution < 1.29 is 9.47 Å². The fourth-order valence-corrected chi connectivity index (χ4v) is 3.06. The van der Waals surface area contributed by atoms with Gasteiger partial charge in [0.15, 0.2) is 5.79 Å². The Morgan fingerprint density at radius 2 is 1.71 bits per heavy atom. The van der Waals surface area contributed by atoms with E-state index in [9.17, 15) is 0 Å². The zero-order chi connectivity index (χ0) is 11.7. The molecule has 1 aromatic carbocycles. The molecule has 1 saturated carbocycles. The first-order valence-corrected chi connectivity index (χ1v) is 6.70. The SMILES string of the molecule is C[C@H]1OC2(CCCCC2)O[C@@H]1c1ccccc1. The predicted molar refractivity (Wildman–Crippen MR) is 66.6 cm³/mol. The van der Waals surface area contributed by atoms with Crippen molar-refractivity contribution in [2.75, 3.05) is 0 Å². The van der Waals surface area contributed by atoms with Gasteiger partial charge in [-0.1, -0.05) is 36.8 Å². The molecule has 1 aliphatic heterocycles. The summed E-state index contributed by atoms with van der Waals surface area (Å²) >= 11 is 0. The number of benzene rings is 1. The molecular weight excluding hydrogens is 212 g/mol. The molecule has 0 unspecified atom stereocenters. The second-order valence-electron chi connectivity index (χ2n) is 5.24. The molecule has 1 spiro atoms. The molecule has 2 atom stereocenters. The Balaban J connectivity index is 1.80. The van der Waals surface area contributed by atoms with Gasteiger partial charge in [-0.3, -0.25) is 0 Å².